The van der Waals surface area contributed by atoms with Gasteiger partial charge in [0.25, 0.3) is 0 Å². The van der Waals surface area contributed by atoms with E-state index >= 15 is 0 Å². The molecule has 9 aromatic carbocycles. The molecule has 1 aromatic heterocycles. The highest BCUT2D eigenvalue weighted by atomic mass is 16.3. The summed E-state index contributed by atoms with van der Waals surface area (Å²) in [5.74, 6) is 0. The summed E-state index contributed by atoms with van der Waals surface area (Å²) in [4.78, 5) is 0. The van der Waals surface area contributed by atoms with Gasteiger partial charge in [-0.25, -0.2) is 0 Å². The van der Waals surface area contributed by atoms with Crippen LogP contribution in [0.15, 0.2) is 83.3 Å². The lowest BCUT2D eigenvalue weighted by molar-refractivity contribution is 0.675. The zero-order valence-corrected chi connectivity index (χ0v) is 33.1. The largest absolute Gasteiger partial charge is 0.457 e. The molecule has 1 heterocycles. The van der Waals surface area contributed by atoms with Gasteiger partial charge in [-0.2, -0.15) is 0 Å². The fourth-order valence-electron chi connectivity index (χ4n) is 9.26. The van der Waals surface area contributed by atoms with Crippen molar-refractivity contribution in [2.24, 2.45) is 0 Å². The zero-order chi connectivity index (χ0) is 44.0. The van der Waals surface area contributed by atoms with Gasteiger partial charge in [0.05, 0.1) is 0 Å². The number of benzene rings is 9. The summed E-state index contributed by atoms with van der Waals surface area (Å²) in [5.41, 5.74) is 4.11. The molecule has 0 aliphatic rings. The van der Waals surface area contributed by atoms with Crippen molar-refractivity contribution in [1.29, 1.82) is 0 Å². The Morgan fingerprint density at radius 1 is 0.274 bits per heavy atom. The van der Waals surface area contributed by atoms with E-state index in [9.17, 15) is 0 Å². The van der Waals surface area contributed by atoms with E-state index in [-0.39, 0.29) is 126 Å². The molecule has 0 aliphatic carbocycles. The third-order valence-corrected chi connectivity index (χ3v) is 12.5. The van der Waals surface area contributed by atoms with Crippen LogP contribution in [0, 0.1) is 0 Å². The van der Waals surface area contributed by atoms with Crippen molar-refractivity contribution in [2.45, 2.75) is 0 Å². The molecule has 62 heavy (non-hydrogen) atoms. The lowest BCUT2D eigenvalue weighted by atomic mass is 9.58. The Hall–Kier alpha value is -5.21. The molecule has 0 saturated heterocycles. The Bertz CT molecular complexity index is 3620. The van der Waals surface area contributed by atoms with Crippen LogP contribution < -0.4 is 81.9 Å². The van der Waals surface area contributed by atoms with Crippen LogP contribution >= 0.6 is 0 Å². The van der Waals surface area contributed by atoms with Crippen LogP contribution in [0.25, 0.3) is 98.4 Å². The number of hydrogen-bond acceptors (Lipinski definition) is 1. The van der Waals surface area contributed by atoms with Gasteiger partial charge in [-0.1, -0.05) is 122 Å². The lowest BCUT2D eigenvalue weighted by Gasteiger charge is -2.30. The quantitative estimate of drug-likeness (QED) is 0.131. The number of fused-ring (bicyclic) bond motifs is 7. The van der Waals surface area contributed by atoms with E-state index in [4.69, 9.17) is 122 Å². The molecule has 248 valence electrons. The van der Waals surface area contributed by atoms with Crippen molar-refractivity contribution in [3.63, 3.8) is 0 Å². The van der Waals surface area contributed by atoms with Crippen molar-refractivity contribution in [3.8, 4) is 33.4 Å². The summed E-state index contributed by atoms with van der Waals surface area (Å²) in [6.45, 7) is 0. The van der Waals surface area contributed by atoms with Crippen LogP contribution in [0.4, 0.5) is 0 Å². The summed E-state index contributed by atoms with van der Waals surface area (Å²) >= 11 is 0. The van der Waals surface area contributed by atoms with Crippen LogP contribution in [-0.4, -0.2) is 118 Å². The molecule has 1 nitrogen and oxygen atoms in total. The van der Waals surface area contributed by atoms with E-state index < -0.39 is 0 Å². The van der Waals surface area contributed by atoms with Crippen molar-refractivity contribution in [1.82, 2.24) is 0 Å². The molecular weight excluding hydrogens is 731 g/mol. The van der Waals surface area contributed by atoms with Crippen molar-refractivity contribution in [3.05, 3.63) is 78.9 Å². The molecule has 0 spiro atoms. The minimum Gasteiger partial charge on any atom is -0.457 e. The van der Waals surface area contributed by atoms with Crippen LogP contribution in [-0.2, 0) is 0 Å². The standard InChI is InChI=1S/C46H13B15O/c47-30-27(35(52)43(60)45-28(30)29-36(53)41(58)42(59)44(61)46(29)62-45)22-25-23(31(48)37(54)39(56)33(25)50)21(24-26(22)34(51)40(57)38(55)32(24)49)20-12-11-17(18-7-3-4-8-19(18)20)16-10-9-14-5-1-2-6-15(14)13-16/h1-13H. The van der Waals surface area contributed by atoms with E-state index in [1.807, 2.05) is 48.5 Å². The van der Waals surface area contributed by atoms with Crippen molar-refractivity contribution >= 4 is 265 Å². The summed E-state index contributed by atoms with van der Waals surface area (Å²) in [7, 11) is 102. The molecule has 0 atom stereocenters. The predicted molar refractivity (Wildman–Crippen MR) is 281 cm³/mol. The third kappa shape index (κ3) is 5.44. The second-order valence-corrected chi connectivity index (χ2v) is 15.6. The maximum absolute atomic E-state index is 7.24. The first-order valence-corrected chi connectivity index (χ1v) is 19.3. The summed E-state index contributed by atoms with van der Waals surface area (Å²) in [6.07, 6.45) is 0. The molecule has 0 bridgehead atoms. The van der Waals surface area contributed by atoms with Gasteiger partial charge >= 0.3 is 0 Å². The highest BCUT2D eigenvalue weighted by Crippen LogP contribution is 2.44. The second-order valence-electron chi connectivity index (χ2n) is 15.6. The average molecular weight is 744 g/mol. The second kappa shape index (κ2) is 14.4. The third-order valence-electron chi connectivity index (χ3n) is 12.5. The molecule has 0 N–H and O–H groups in total. The Kier molecular flexibility index (Phi) is 9.50. The maximum Gasteiger partial charge on any atom is 0.127 e. The van der Waals surface area contributed by atoms with Gasteiger partial charge in [-0.05, 0) is 82.5 Å². The number of hydrogen-bond donors (Lipinski definition) is 0. The molecule has 0 aliphatic heterocycles. The fourth-order valence-corrected chi connectivity index (χ4v) is 9.26. The summed E-state index contributed by atoms with van der Waals surface area (Å²) in [5, 5.41) is 5.71. The smallest absolute Gasteiger partial charge is 0.127 e. The van der Waals surface area contributed by atoms with Gasteiger partial charge < -0.3 is 4.42 Å². The molecular formula is C46H13B15O. The molecule has 0 amide bonds. The molecule has 0 saturated carbocycles. The van der Waals surface area contributed by atoms with Gasteiger partial charge in [-0.15, -0.1) is 32.8 Å². The Morgan fingerprint density at radius 2 is 0.677 bits per heavy atom. The first-order valence-electron chi connectivity index (χ1n) is 19.3. The van der Waals surface area contributed by atoms with Crippen LogP contribution in [0.3, 0.4) is 0 Å². The molecule has 10 rings (SSSR count). The van der Waals surface area contributed by atoms with E-state index in [0.717, 1.165) is 32.7 Å². The SMILES string of the molecule is [B]c1c([B])c([B])c2c(oc3c([B])c([B])c(-c4c5c([B])c([B])c([B])c([B])c5c(-c5ccc(-c6ccc7ccccc7c6)c6ccccc56)c5c([B])c([B])c([B])c([B])c45)c([B])c32)c1[B]. The molecule has 30 radical (unpaired) electrons. The number of rotatable bonds is 3. The first kappa shape index (κ1) is 40.8. The zero-order valence-electron chi connectivity index (χ0n) is 33.1. The highest BCUT2D eigenvalue weighted by Gasteiger charge is 2.29. The number of furan rings is 1. The predicted octanol–water partition coefficient (Wildman–Crippen LogP) is -4.89. The summed E-state index contributed by atoms with van der Waals surface area (Å²) < 4.78 is 6.21. The molecule has 0 fully saturated rings. The normalized spacial score (nSPS) is 11.9. The monoisotopic (exact) mass is 746 g/mol. The van der Waals surface area contributed by atoms with Crippen LogP contribution in [0.2, 0.25) is 0 Å². The van der Waals surface area contributed by atoms with E-state index in [2.05, 4.69) is 30.3 Å². The topological polar surface area (TPSA) is 13.1 Å². The average Bonchev–Trinajstić information content (AvgIpc) is 3.70. The van der Waals surface area contributed by atoms with Gasteiger partial charge in [0, 0.05) is 10.8 Å². The lowest BCUT2D eigenvalue weighted by Crippen LogP contribution is -2.50. The maximum atomic E-state index is 7.24. The molecule has 0 unspecified atom stereocenters. The van der Waals surface area contributed by atoms with Gasteiger partial charge in [0.2, 0.25) is 0 Å². The minimum atomic E-state index is -0.0329. The van der Waals surface area contributed by atoms with Gasteiger partial charge in [0.1, 0.15) is 129 Å². The van der Waals surface area contributed by atoms with E-state index in [0.29, 0.717) is 21.9 Å². The fraction of sp³-hybridized carbons (Fsp3) is 0. The Balaban J connectivity index is 1.44. The first-order chi connectivity index (χ1) is 29.6. The Labute approximate surface area is 379 Å². The van der Waals surface area contributed by atoms with Crippen LogP contribution in [0.5, 0.6) is 0 Å². The van der Waals surface area contributed by atoms with Crippen molar-refractivity contribution in [2.75, 3.05) is 0 Å². The van der Waals surface area contributed by atoms with E-state index in [1.54, 1.807) is 0 Å². The highest BCUT2D eigenvalue weighted by molar-refractivity contribution is 6.73. The molecule has 16 heteroatoms. The van der Waals surface area contributed by atoms with Gasteiger partial charge in [0.15, 0.2) is 0 Å². The Morgan fingerprint density at radius 3 is 1.23 bits per heavy atom. The summed E-state index contributed by atoms with van der Waals surface area (Å²) in [6, 6.07) is 26.5. The molecule has 10 aromatic rings. The van der Waals surface area contributed by atoms with Crippen LogP contribution in [0.1, 0.15) is 0 Å². The van der Waals surface area contributed by atoms with E-state index in [1.165, 1.54) is 0 Å². The minimum absolute atomic E-state index is 0.00626. The van der Waals surface area contributed by atoms with Gasteiger partial charge in [-0.3, -0.25) is 0 Å². The van der Waals surface area contributed by atoms with Crippen molar-refractivity contribution < 1.29 is 4.42 Å².